The average molecular weight is 399 g/mol. The third-order valence-corrected chi connectivity index (χ3v) is 5.33. The van der Waals surface area contributed by atoms with Crippen LogP contribution >= 0.6 is 0 Å². The van der Waals surface area contributed by atoms with Crippen molar-refractivity contribution in [3.8, 4) is 33.6 Å². The number of carbonyl (C=O) groups excluding carboxylic acids is 1. The van der Waals surface area contributed by atoms with Gasteiger partial charge < -0.3 is 4.90 Å². The van der Waals surface area contributed by atoms with E-state index in [2.05, 4.69) is 25.3 Å². The fraction of sp³-hybridized carbons (Fsp3) is 0.227. The summed E-state index contributed by atoms with van der Waals surface area (Å²) in [5.41, 5.74) is 4.77. The number of likely N-dealkylation sites (tertiary alicyclic amines) is 1. The highest BCUT2D eigenvalue weighted by atomic mass is 16.2. The Hall–Kier alpha value is -3.81. The molecule has 0 unspecified atom stereocenters. The second-order valence-corrected chi connectivity index (χ2v) is 7.38. The topological polar surface area (TPSA) is 92.6 Å². The third-order valence-electron chi connectivity index (χ3n) is 5.33. The van der Waals surface area contributed by atoms with E-state index in [0.717, 1.165) is 53.7 Å². The van der Waals surface area contributed by atoms with Crippen LogP contribution in [0.2, 0.25) is 0 Å². The molecule has 30 heavy (non-hydrogen) atoms. The quantitative estimate of drug-likeness (QED) is 0.557. The lowest BCUT2D eigenvalue weighted by Gasteiger charge is -2.14. The van der Waals surface area contributed by atoms with Crippen LogP contribution in [0.15, 0.2) is 61.4 Å². The van der Waals surface area contributed by atoms with E-state index in [9.17, 15) is 4.79 Å². The summed E-state index contributed by atoms with van der Waals surface area (Å²) in [6, 6.07) is 8.04. The highest BCUT2D eigenvalue weighted by Crippen LogP contribution is 2.25. The molecule has 5 rings (SSSR count). The van der Waals surface area contributed by atoms with Gasteiger partial charge in [0.25, 0.3) is 0 Å². The predicted molar refractivity (Wildman–Crippen MR) is 112 cm³/mol. The van der Waals surface area contributed by atoms with Crippen LogP contribution in [0.1, 0.15) is 12.8 Å². The average Bonchev–Trinajstić information content (AvgIpc) is 3.57. The fourth-order valence-corrected chi connectivity index (χ4v) is 3.68. The number of aromatic nitrogens is 6. The summed E-state index contributed by atoms with van der Waals surface area (Å²) in [6.45, 7) is 1.97. The first-order chi connectivity index (χ1) is 14.8. The van der Waals surface area contributed by atoms with Crippen molar-refractivity contribution in [3.05, 3.63) is 61.4 Å². The van der Waals surface area contributed by atoms with Gasteiger partial charge in [-0.15, -0.1) is 0 Å². The highest BCUT2D eigenvalue weighted by Gasteiger charge is 2.18. The Morgan fingerprint density at radius 1 is 0.933 bits per heavy atom. The molecule has 1 aromatic carbocycles. The zero-order valence-electron chi connectivity index (χ0n) is 16.4. The molecule has 1 N–H and O–H groups in total. The maximum atomic E-state index is 12.3. The maximum absolute atomic E-state index is 12.3. The van der Waals surface area contributed by atoms with Crippen LogP contribution in [0.5, 0.6) is 0 Å². The Labute approximate surface area is 173 Å². The zero-order chi connectivity index (χ0) is 20.3. The van der Waals surface area contributed by atoms with Gasteiger partial charge in [-0.2, -0.15) is 10.2 Å². The number of amides is 1. The molecule has 1 fully saturated rings. The molecule has 0 radical (unpaired) electrons. The van der Waals surface area contributed by atoms with Gasteiger partial charge in [0.15, 0.2) is 5.82 Å². The van der Waals surface area contributed by atoms with Crippen LogP contribution in [0, 0.1) is 0 Å². The number of aromatic amines is 1. The lowest BCUT2D eigenvalue weighted by molar-refractivity contribution is -0.130. The van der Waals surface area contributed by atoms with Gasteiger partial charge in [-0.1, -0.05) is 18.2 Å². The van der Waals surface area contributed by atoms with Gasteiger partial charge in [0, 0.05) is 60.1 Å². The Bertz CT molecular complexity index is 1140. The minimum atomic E-state index is 0.117. The van der Waals surface area contributed by atoms with E-state index in [1.807, 2.05) is 41.6 Å². The number of H-pyrrole nitrogens is 1. The molecule has 0 bridgehead atoms. The molecule has 1 aliphatic rings. The molecule has 0 atom stereocenters. The van der Waals surface area contributed by atoms with Crippen LogP contribution in [0.25, 0.3) is 33.6 Å². The van der Waals surface area contributed by atoms with Crippen LogP contribution in [-0.2, 0) is 11.3 Å². The van der Waals surface area contributed by atoms with Gasteiger partial charge in [-0.05, 0) is 24.5 Å². The van der Waals surface area contributed by atoms with Gasteiger partial charge in [-0.3, -0.25) is 14.6 Å². The van der Waals surface area contributed by atoms with E-state index in [1.165, 1.54) is 0 Å². The summed E-state index contributed by atoms with van der Waals surface area (Å²) in [4.78, 5) is 23.3. The van der Waals surface area contributed by atoms with Crippen molar-refractivity contribution in [2.45, 2.75) is 19.4 Å². The minimum Gasteiger partial charge on any atom is -0.341 e. The fourth-order valence-electron chi connectivity index (χ4n) is 3.68. The van der Waals surface area contributed by atoms with E-state index in [4.69, 9.17) is 0 Å². The SMILES string of the molecule is O=C(Cn1cc(-c2cnc(-c3cccc(-c4cn[nH]c4)c3)nc2)cn1)N1CCCC1. The van der Waals surface area contributed by atoms with Crippen LogP contribution in [0.4, 0.5) is 0 Å². The molecule has 8 nitrogen and oxygen atoms in total. The van der Waals surface area contributed by atoms with Gasteiger partial charge >= 0.3 is 0 Å². The van der Waals surface area contributed by atoms with E-state index in [-0.39, 0.29) is 12.5 Å². The van der Waals surface area contributed by atoms with Crippen molar-refractivity contribution in [1.82, 2.24) is 34.8 Å². The van der Waals surface area contributed by atoms with Crippen molar-refractivity contribution in [3.63, 3.8) is 0 Å². The molecule has 0 spiro atoms. The predicted octanol–water partition coefficient (Wildman–Crippen LogP) is 3.02. The molecule has 8 heteroatoms. The molecule has 1 amide bonds. The van der Waals surface area contributed by atoms with Gasteiger partial charge in [0.1, 0.15) is 6.54 Å². The number of benzene rings is 1. The first-order valence-electron chi connectivity index (χ1n) is 9.98. The summed E-state index contributed by atoms with van der Waals surface area (Å²) in [5.74, 6) is 0.770. The second kappa shape index (κ2) is 7.90. The van der Waals surface area contributed by atoms with E-state index >= 15 is 0 Å². The summed E-state index contributed by atoms with van der Waals surface area (Å²) in [5, 5.41) is 11.2. The maximum Gasteiger partial charge on any atom is 0.244 e. The van der Waals surface area contributed by atoms with Crippen molar-refractivity contribution >= 4 is 5.91 Å². The Morgan fingerprint density at radius 2 is 1.73 bits per heavy atom. The molecule has 0 saturated carbocycles. The van der Waals surface area contributed by atoms with Crippen molar-refractivity contribution < 1.29 is 4.79 Å². The van der Waals surface area contributed by atoms with Crippen molar-refractivity contribution in [2.75, 3.05) is 13.1 Å². The first kappa shape index (κ1) is 18.2. The molecule has 1 saturated heterocycles. The molecule has 150 valence electrons. The number of nitrogens with zero attached hydrogens (tertiary/aromatic N) is 6. The standard InChI is InChI=1S/C22H21N7O/c30-21(28-6-1-2-7-28)15-29-14-20(13-27-29)18-9-23-22(24-10-18)17-5-3-4-16(8-17)19-11-25-26-12-19/h3-5,8-14H,1-2,6-7,15H2,(H,25,26). The zero-order valence-corrected chi connectivity index (χ0v) is 16.4. The van der Waals surface area contributed by atoms with Crippen molar-refractivity contribution in [1.29, 1.82) is 0 Å². The molecule has 0 aliphatic carbocycles. The minimum absolute atomic E-state index is 0.117. The summed E-state index contributed by atoms with van der Waals surface area (Å²) >= 11 is 0. The van der Waals surface area contributed by atoms with E-state index in [0.29, 0.717) is 5.82 Å². The number of hydrogen-bond donors (Lipinski definition) is 1. The normalized spacial score (nSPS) is 13.7. The number of hydrogen-bond acceptors (Lipinski definition) is 5. The molecular formula is C22H21N7O. The van der Waals surface area contributed by atoms with Gasteiger partial charge in [0.05, 0.1) is 12.4 Å². The largest absolute Gasteiger partial charge is 0.341 e. The second-order valence-electron chi connectivity index (χ2n) is 7.38. The molecule has 4 aromatic rings. The molecular weight excluding hydrogens is 378 g/mol. The number of nitrogens with one attached hydrogen (secondary N) is 1. The molecule has 1 aliphatic heterocycles. The van der Waals surface area contributed by atoms with E-state index < -0.39 is 0 Å². The number of rotatable bonds is 5. The van der Waals surface area contributed by atoms with Gasteiger partial charge in [0.2, 0.25) is 5.91 Å². The lowest BCUT2D eigenvalue weighted by Crippen LogP contribution is -2.31. The smallest absolute Gasteiger partial charge is 0.244 e. The Kier molecular flexibility index (Phi) is 4.80. The summed E-state index contributed by atoms with van der Waals surface area (Å²) in [6.07, 6.45) is 13.0. The lowest BCUT2D eigenvalue weighted by atomic mass is 10.1. The number of carbonyl (C=O) groups is 1. The molecule has 3 aromatic heterocycles. The van der Waals surface area contributed by atoms with Gasteiger partial charge in [-0.25, -0.2) is 9.97 Å². The Morgan fingerprint density at radius 3 is 2.50 bits per heavy atom. The summed E-state index contributed by atoms with van der Waals surface area (Å²) in [7, 11) is 0. The van der Waals surface area contributed by atoms with Crippen LogP contribution in [0.3, 0.4) is 0 Å². The first-order valence-corrected chi connectivity index (χ1v) is 9.98. The van der Waals surface area contributed by atoms with Crippen LogP contribution < -0.4 is 0 Å². The van der Waals surface area contributed by atoms with E-state index in [1.54, 1.807) is 29.5 Å². The van der Waals surface area contributed by atoms with Crippen LogP contribution in [-0.4, -0.2) is 53.8 Å². The third kappa shape index (κ3) is 3.71. The summed E-state index contributed by atoms with van der Waals surface area (Å²) < 4.78 is 1.68. The molecule has 4 heterocycles. The highest BCUT2D eigenvalue weighted by molar-refractivity contribution is 5.76. The monoisotopic (exact) mass is 399 g/mol. The Balaban J connectivity index is 1.31. The van der Waals surface area contributed by atoms with Crippen molar-refractivity contribution in [2.24, 2.45) is 0 Å².